The number of halogens is 3. The minimum Gasteiger partial charge on any atom is -0.493 e. The molecule has 0 bridgehead atoms. The maximum absolute atomic E-state index is 12.5. The van der Waals surface area contributed by atoms with Crippen LogP contribution in [0, 0.1) is 0 Å². The van der Waals surface area contributed by atoms with Gasteiger partial charge in [0.15, 0.2) is 11.5 Å². The van der Waals surface area contributed by atoms with Crippen LogP contribution in [0.5, 0.6) is 11.5 Å². The van der Waals surface area contributed by atoms with Gasteiger partial charge in [-0.2, -0.15) is 13.9 Å². The van der Waals surface area contributed by atoms with Crippen LogP contribution < -0.4 is 20.1 Å². The van der Waals surface area contributed by atoms with E-state index in [0.717, 1.165) is 0 Å². The van der Waals surface area contributed by atoms with Crippen LogP contribution in [0.1, 0.15) is 0 Å². The molecule has 0 aliphatic heterocycles. The average molecular weight is 424 g/mol. The van der Waals surface area contributed by atoms with Crippen molar-refractivity contribution in [3.8, 4) is 17.2 Å². The Morgan fingerprint density at radius 3 is 2.76 bits per heavy atom. The van der Waals surface area contributed by atoms with Crippen LogP contribution in [-0.4, -0.2) is 40.9 Å². The number of methoxy groups -OCH3 is 1. The number of aromatic nitrogens is 3. The molecule has 2 aromatic carbocycles. The van der Waals surface area contributed by atoms with E-state index in [4.69, 9.17) is 16.3 Å². The van der Waals surface area contributed by atoms with Crippen molar-refractivity contribution in [3.63, 3.8) is 0 Å². The van der Waals surface area contributed by atoms with Crippen molar-refractivity contribution in [2.24, 2.45) is 0 Å². The fraction of sp³-hybridized carbons (Fsp3) is 0.167. The van der Waals surface area contributed by atoms with Gasteiger partial charge in [-0.1, -0.05) is 11.6 Å². The maximum atomic E-state index is 12.5. The highest BCUT2D eigenvalue weighted by molar-refractivity contribution is 6.31. The zero-order valence-corrected chi connectivity index (χ0v) is 15.9. The second-order valence-electron chi connectivity index (χ2n) is 5.65. The first-order chi connectivity index (χ1) is 14.0. The van der Waals surface area contributed by atoms with E-state index in [0.29, 0.717) is 22.1 Å². The number of carbonyl (C=O) groups excluding carboxylic acids is 1. The zero-order valence-electron chi connectivity index (χ0n) is 15.1. The molecule has 29 heavy (non-hydrogen) atoms. The summed E-state index contributed by atoms with van der Waals surface area (Å²) in [6.45, 7) is -3.13. The van der Waals surface area contributed by atoms with Gasteiger partial charge in [0.25, 0.3) is 0 Å². The standard InChI is InChI=1S/C18H16ClF2N5O3/c1-28-15-5-3-12(7-16(15)29-18(20)21)23-8-17(27)25-13-6-11(19)2-4-14(13)26-10-22-9-24-26/h2-7,9-10,18,23H,8H2,1H3,(H,25,27). The van der Waals surface area contributed by atoms with E-state index in [1.165, 1.54) is 36.6 Å². The molecular weight excluding hydrogens is 408 g/mol. The molecule has 1 aromatic heterocycles. The van der Waals surface area contributed by atoms with Crippen LogP contribution >= 0.6 is 11.6 Å². The molecule has 8 nitrogen and oxygen atoms in total. The minimum absolute atomic E-state index is 0.135. The van der Waals surface area contributed by atoms with E-state index in [-0.39, 0.29) is 24.0 Å². The number of ether oxygens (including phenoxy) is 2. The third kappa shape index (κ3) is 5.32. The minimum atomic E-state index is -3.00. The molecule has 2 N–H and O–H groups in total. The molecule has 0 aliphatic carbocycles. The number of carbonyl (C=O) groups is 1. The molecule has 0 atom stereocenters. The van der Waals surface area contributed by atoms with E-state index in [2.05, 4.69) is 25.5 Å². The summed E-state index contributed by atoms with van der Waals surface area (Å²) >= 11 is 6.02. The Kier molecular flexibility index (Phi) is 6.45. The Morgan fingerprint density at radius 2 is 2.07 bits per heavy atom. The van der Waals surface area contributed by atoms with Crippen LogP contribution in [0.4, 0.5) is 20.2 Å². The highest BCUT2D eigenvalue weighted by Gasteiger charge is 2.13. The first kappa shape index (κ1) is 20.3. The SMILES string of the molecule is COc1ccc(NCC(=O)Nc2cc(Cl)ccc2-n2cncn2)cc1OC(F)F. The average Bonchev–Trinajstić information content (AvgIpc) is 3.21. The highest BCUT2D eigenvalue weighted by Crippen LogP contribution is 2.31. The molecule has 1 amide bonds. The Hall–Kier alpha value is -3.40. The van der Waals surface area contributed by atoms with E-state index < -0.39 is 6.61 Å². The van der Waals surface area contributed by atoms with Crippen LogP contribution in [0.25, 0.3) is 5.69 Å². The van der Waals surface area contributed by atoms with Crippen molar-refractivity contribution >= 4 is 28.9 Å². The van der Waals surface area contributed by atoms with Gasteiger partial charge in [-0.15, -0.1) is 0 Å². The summed E-state index contributed by atoms with van der Waals surface area (Å²) in [5.41, 5.74) is 1.42. The molecule has 0 spiro atoms. The fourth-order valence-corrected chi connectivity index (χ4v) is 2.66. The van der Waals surface area contributed by atoms with Gasteiger partial charge in [-0.3, -0.25) is 4.79 Å². The summed E-state index contributed by atoms with van der Waals surface area (Å²) in [5.74, 6) is -0.381. The normalized spacial score (nSPS) is 10.7. The van der Waals surface area contributed by atoms with Crippen molar-refractivity contribution < 1.29 is 23.0 Å². The molecule has 0 radical (unpaired) electrons. The lowest BCUT2D eigenvalue weighted by Gasteiger charge is -2.14. The smallest absolute Gasteiger partial charge is 0.387 e. The number of rotatable bonds is 8. The Morgan fingerprint density at radius 1 is 1.24 bits per heavy atom. The molecule has 0 unspecified atom stereocenters. The number of benzene rings is 2. The molecule has 0 fully saturated rings. The van der Waals surface area contributed by atoms with Gasteiger partial charge in [0.2, 0.25) is 5.91 Å². The summed E-state index contributed by atoms with van der Waals surface area (Å²) in [6.07, 6.45) is 2.85. The lowest BCUT2D eigenvalue weighted by Crippen LogP contribution is -2.22. The first-order valence-electron chi connectivity index (χ1n) is 8.27. The van der Waals surface area contributed by atoms with Crippen LogP contribution in [0.2, 0.25) is 5.02 Å². The van der Waals surface area contributed by atoms with Crippen molar-refractivity contribution in [1.29, 1.82) is 0 Å². The van der Waals surface area contributed by atoms with Crippen LogP contribution in [0.15, 0.2) is 49.1 Å². The second-order valence-corrected chi connectivity index (χ2v) is 6.08. The van der Waals surface area contributed by atoms with Crippen LogP contribution in [-0.2, 0) is 4.79 Å². The van der Waals surface area contributed by atoms with Gasteiger partial charge < -0.3 is 20.1 Å². The monoisotopic (exact) mass is 423 g/mol. The zero-order chi connectivity index (χ0) is 20.8. The largest absolute Gasteiger partial charge is 0.493 e. The topological polar surface area (TPSA) is 90.3 Å². The second kappa shape index (κ2) is 9.20. The number of hydrogen-bond acceptors (Lipinski definition) is 6. The summed E-state index contributed by atoms with van der Waals surface area (Å²) in [6, 6.07) is 9.28. The quantitative estimate of drug-likeness (QED) is 0.575. The summed E-state index contributed by atoms with van der Waals surface area (Å²) in [4.78, 5) is 16.2. The third-order valence-electron chi connectivity index (χ3n) is 3.73. The van der Waals surface area contributed by atoms with Gasteiger partial charge in [-0.05, 0) is 30.3 Å². The maximum Gasteiger partial charge on any atom is 0.387 e. The number of amides is 1. The Bertz CT molecular complexity index is 986. The Labute approximate surface area is 169 Å². The molecule has 152 valence electrons. The lowest BCUT2D eigenvalue weighted by atomic mass is 10.2. The van der Waals surface area contributed by atoms with Crippen LogP contribution in [0.3, 0.4) is 0 Å². The van der Waals surface area contributed by atoms with Crippen molar-refractivity contribution in [3.05, 3.63) is 54.1 Å². The van der Waals surface area contributed by atoms with Gasteiger partial charge in [0, 0.05) is 16.8 Å². The number of hydrogen-bond donors (Lipinski definition) is 2. The van der Waals surface area contributed by atoms with Gasteiger partial charge in [0.1, 0.15) is 12.7 Å². The molecule has 0 saturated heterocycles. The van der Waals surface area contributed by atoms with Gasteiger partial charge in [-0.25, -0.2) is 9.67 Å². The highest BCUT2D eigenvalue weighted by atomic mass is 35.5. The van der Waals surface area contributed by atoms with E-state index in [1.54, 1.807) is 24.3 Å². The molecule has 0 aliphatic rings. The number of nitrogens with one attached hydrogen (secondary N) is 2. The first-order valence-corrected chi connectivity index (χ1v) is 8.65. The summed E-state index contributed by atoms with van der Waals surface area (Å²) in [7, 11) is 1.34. The molecular formula is C18H16ClF2N5O3. The fourth-order valence-electron chi connectivity index (χ4n) is 2.49. The summed E-state index contributed by atoms with van der Waals surface area (Å²) in [5, 5.41) is 10.0. The number of nitrogens with zero attached hydrogens (tertiary/aromatic N) is 3. The van der Waals surface area contributed by atoms with E-state index in [9.17, 15) is 13.6 Å². The van der Waals surface area contributed by atoms with Gasteiger partial charge in [0.05, 0.1) is 25.0 Å². The van der Waals surface area contributed by atoms with Crippen molar-refractivity contribution in [2.45, 2.75) is 6.61 Å². The van der Waals surface area contributed by atoms with Crippen molar-refractivity contribution in [1.82, 2.24) is 14.8 Å². The molecule has 0 saturated carbocycles. The van der Waals surface area contributed by atoms with E-state index >= 15 is 0 Å². The molecule has 1 heterocycles. The van der Waals surface area contributed by atoms with E-state index in [1.807, 2.05) is 0 Å². The summed E-state index contributed by atoms with van der Waals surface area (Å²) < 4.78 is 35.9. The van der Waals surface area contributed by atoms with Crippen molar-refractivity contribution in [2.75, 3.05) is 24.3 Å². The predicted molar refractivity (Wildman–Crippen MR) is 103 cm³/mol. The number of anilines is 2. The molecule has 3 aromatic rings. The predicted octanol–water partition coefficient (Wildman–Crippen LogP) is 3.58. The van der Waals surface area contributed by atoms with Gasteiger partial charge >= 0.3 is 6.61 Å². The number of alkyl halides is 2. The Balaban J connectivity index is 1.69. The molecule has 3 rings (SSSR count). The lowest BCUT2D eigenvalue weighted by molar-refractivity contribution is -0.114. The third-order valence-corrected chi connectivity index (χ3v) is 3.97. The molecule has 11 heteroatoms.